The second-order valence-electron chi connectivity index (χ2n) is 24.2. The highest BCUT2D eigenvalue weighted by Crippen LogP contribution is 2.47. The monoisotopic (exact) mass is 1420 g/mol. The van der Waals surface area contributed by atoms with Crippen LogP contribution in [-0.2, 0) is 60.7 Å². The first kappa shape index (κ1) is 76.1. The minimum atomic E-state index is -1.16. The standard InChI is InChI=1S/C69H83ClN12O19/c1-42(2)61(77-67(93)99-35-34-98-33-32-97-31-30-96-29-28-81-56(84)22-23-57(81)85)64(90)76-51(10-6-24-72-66(71)92)63(89)73-47-16-12-44(13-17-47)41-100-68(94)78(4)26-27-79(25-7-11-58(86)87)69(95)101-54-36-53-60(59-43(3)8-5-9-50(54)59)46(37-70)38-82(53)65(91)52-40-80-39-48(18-21-55(80)75-52)74-62(88)45-14-19-49(83)20-15-45/h5,8-9,12-17,19-20,22-23,36,39-40,42,46,51,61,83H,6-7,10-11,18,21,24-35,37-38,41H2,1-4H3,(H,73,89)(H,74,88)(H,76,90)(H,77,93)(H,86,87)(H3,71,72,92)/t46-,51+,61+/m1/s1. The molecule has 3 aliphatic rings. The summed E-state index contributed by atoms with van der Waals surface area (Å²) in [6.45, 7) is 6.07. The molecule has 4 heterocycles. The molecule has 11 amide bonds. The third-order valence-corrected chi connectivity index (χ3v) is 16.9. The van der Waals surface area contributed by atoms with Gasteiger partial charge >= 0.3 is 30.3 Å². The summed E-state index contributed by atoms with van der Waals surface area (Å²) in [6, 6.07) is 16.2. The van der Waals surface area contributed by atoms with Crippen LogP contribution in [0, 0.1) is 12.8 Å². The number of fused-ring (bicyclic) bond motifs is 4. The van der Waals surface area contributed by atoms with Gasteiger partial charge in [0.1, 0.15) is 48.3 Å². The zero-order valence-electron chi connectivity index (χ0n) is 56.4. The van der Waals surface area contributed by atoms with E-state index < -0.39 is 66.0 Å². The van der Waals surface area contributed by atoms with E-state index in [0.29, 0.717) is 52.3 Å². The van der Waals surface area contributed by atoms with E-state index in [4.69, 9.17) is 45.8 Å². The number of anilines is 2. The Bertz CT molecular complexity index is 3880. The molecule has 101 heavy (non-hydrogen) atoms. The van der Waals surface area contributed by atoms with Crippen molar-refractivity contribution in [1.29, 1.82) is 0 Å². The van der Waals surface area contributed by atoms with Crippen LogP contribution in [0.4, 0.5) is 30.6 Å². The van der Waals surface area contributed by atoms with Gasteiger partial charge in [-0.05, 0) is 97.0 Å². The lowest BCUT2D eigenvalue weighted by Crippen LogP contribution is -2.54. The molecule has 1 aromatic heterocycles. The number of allylic oxidation sites excluding steroid dienone is 1. The van der Waals surface area contributed by atoms with Crippen molar-refractivity contribution in [2.45, 2.75) is 83.9 Å². The van der Waals surface area contributed by atoms with Crippen molar-refractivity contribution in [3.05, 3.63) is 131 Å². The van der Waals surface area contributed by atoms with Crippen molar-refractivity contribution in [1.82, 2.24) is 45.5 Å². The Kier molecular flexibility index (Phi) is 27.9. The highest BCUT2D eigenvalue weighted by Gasteiger charge is 2.38. The second-order valence-corrected chi connectivity index (χ2v) is 24.5. The number of aromatic hydroxyl groups is 1. The number of rotatable bonds is 36. The number of aromatic nitrogens is 2. The molecule has 32 heteroatoms. The maximum absolute atomic E-state index is 14.6. The molecule has 0 aliphatic carbocycles. The number of carboxylic acid groups (broad SMARTS) is 1. The van der Waals surface area contributed by atoms with Gasteiger partial charge in [0.05, 0.1) is 51.9 Å². The molecule has 5 aromatic rings. The number of imide groups is 1. The largest absolute Gasteiger partial charge is 0.508 e. The number of nitrogens with two attached hydrogens (primary N) is 1. The Morgan fingerprint density at radius 3 is 2.16 bits per heavy atom. The Balaban J connectivity index is 0.824. The molecule has 3 atom stereocenters. The smallest absolute Gasteiger partial charge is 0.415 e. The molecule has 8 rings (SSSR count). The Hall–Kier alpha value is -10.6. The first-order valence-electron chi connectivity index (χ1n) is 32.8. The Labute approximate surface area is 586 Å². The van der Waals surface area contributed by atoms with Crippen LogP contribution < -0.4 is 42.0 Å². The third kappa shape index (κ3) is 21.7. The number of imidazole rings is 1. The van der Waals surface area contributed by atoms with Gasteiger partial charge in [0.2, 0.25) is 11.8 Å². The van der Waals surface area contributed by atoms with Gasteiger partial charge in [-0.3, -0.25) is 38.5 Å². The number of carbonyl (C=O) groups excluding carboxylic acids is 10. The van der Waals surface area contributed by atoms with E-state index in [2.05, 4.69) is 31.6 Å². The first-order chi connectivity index (χ1) is 48.5. The van der Waals surface area contributed by atoms with Crippen LogP contribution in [0.25, 0.3) is 17.0 Å². The van der Waals surface area contributed by atoms with Crippen LogP contribution in [0.3, 0.4) is 0 Å². The molecule has 0 bridgehead atoms. The predicted octanol–water partition coefficient (Wildman–Crippen LogP) is 5.74. The first-order valence-corrected chi connectivity index (χ1v) is 33.3. The number of carbonyl (C=O) groups is 11. The Morgan fingerprint density at radius 2 is 1.49 bits per heavy atom. The van der Waals surface area contributed by atoms with Crippen molar-refractivity contribution >= 4 is 106 Å². The summed E-state index contributed by atoms with van der Waals surface area (Å²) in [6.07, 6.45) is 4.04. The van der Waals surface area contributed by atoms with Gasteiger partial charge in [-0.15, -0.1) is 11.6 Å². The van der Waals surface area contributed by atoms with Gasteiger partial charge in [-0.25, -0.2) is 24.2 Å². The maximum Gasteiger partial charge on any atom is 0.415 e. The topological polar surface area (TPSA) is 401 Å². The number of alkyl halides is 1. The van der Waals surface area contributed by atoms with Crippen molar-refractivity contribution in [2.24, 2.45) is 11.7 Å². The number of nitrogens with zero attached hydrogens (tertiary/aromatic N) is 6. The van der Waals surface area contributed by atoms with Crippen LogP contribution in [0.1, 0.15) is 95.2 Å². The van der Waals surface area contributed by atoms with Gasteiger partial charge in [-0.2, -0.15) is 0 Å². The van der Waals surface area contributed by atoms with Crippen molar-refractivity contribution in [3.63, 3.8) is 0 Å². The van der Waals surface area contributed by atoms with E-state index in [1.54, 1.807) is 78.2 Å². The van der Waals surface area contributed by atoms with Crippen LogP contribution >= 0.6 is 11.6 Å². The van der Waals surface area contributed by atoms with Gasteiger partial charge < -0.3 is 90.2 Å². The number of aliphatic carboxylic acids is 1. The average Bonchev–Trinajstić information content (AvgIpc) is 1.63. The number of aryl methyl sites for hydroxylation is 2. The lowest BCUT2D eigenvalue weighted by atomic mass is 9.92. The number of nitrogens with one attached hydrogen (secondary N) is 5. The summed E-state index contributed by atoms with van der Waals surface area (Å²) in [4.78, 5) is 152. The number of urea groups is 1. The molecule has 0 radical (unpaired) electrons. The number of benzene rings is 4. The number of carboxylic acids is 1. The molecular formula is C69H83ClN12O19. The molecule has 0 spiro atoms. The molecule has 0 saturated carbocycles. The number of amides is 11. The zero-order chi connectivity index (χ0) is 72.7. The summed E-state index contributed by atoms with van der Waals surface area (Å²) < 4.78 is 35.0. The third-order valence-electron chi connectivity index (χ3n) is 16.5. The van der Waals surface area contributed by atoms with Crippen molar-refractivity contribution in [2.75, 3.05) is 109 Å². The number of hydrogen-bond acceptors (Lipinski definition) is 19. The zero-order valence-corrected chi connectivity index (χ0v) is 57.1. The molecule has 4 aromatic carbocycles. The number of halogens is 1. The highest BCUT2D eigenvalue weighted by molar-refractivity contribution is 6.19. The number of ether oxygens (including phenoxy) is 6. The molecule has 540 valence electrons. The second kappa shape index (κ2) is 37.0. The van der Waals surface area contributed by atoms with Crippen LogP contribution in [-0.4, -0.2) is 211 Å². The molecule has 0 unspecified atom stereocenters. The Morgan fingerprint density at radius 1 is 0.792 bits per heavy atom. The van der Waals surface area contributed by atoms with E-state index in [1.165, 1.54) is 53.3 Å². The summed E-state index contributed by atoms with van der Waals surface area (Å²) in [5, 5.41) is 33.8. The predicted molar refractivity (Wildman–Crippen MR) is 367 cm³/mol. The fourth-order valence-electron chi connectivity index (χ4n) is 11.2. The van der Waals surface area contributed by atoms with Gasteiger partial charge in [0.25, 0.3) is 23.6 Å². The fourth-order valence-corrected chi connectivity index (χ4v) is 11.4. The van der Waals surface area contributed by atoms with Gasteiger partial charge in [0.15, 0.2) is 0 Å². The summed E-state index contributed by atoms with van der Waals surface area (Å²) in [5.74, 6) is -3.90. The quantitative estimate of drug-likeness (QED) is 0.0135. The number of alkyl carbamates (subject to hydrolysis) is 1. The van der Waals surface area contributed by atoms with Gasteiger partial charge in [-0.1, -0.05) is 44.2 Å². The molecule has 9 N–H and O–H groups in total. The van der Waals surface area contributed by atoms with Crippen LogP contribution in [0.2, 0.25) is 0 Å². The normalized spacial score (nSPS) is 14.3. The SMILES string of the molecule is Cc1cccc2c(OC(=O)N(CCCC(=O)O)CCN(C)C(=O)OCc3ccc(NC(=O)[C@H](CCCNC(N)=O)NC(=O)[C@@H](NC(=O)OCCOCCOCCOCCN4C(=O)C=CC4=O)C(C)C)cc3)cc3c(c12)[C@H](CCl)CN3C(=O)c1cn2c(n1)CCC(NC(=O)c1ccc(O)cc1)=C2. The summed E-state index contributed by atoms with van der Waals surface area (Å²) in [5.41, 5.74) is 9.19. The molecular weight excluding hydrogens is 1340 g/mol. The number of likely N-dealkylation sites (N-methyl/N-ethyl adjacent to an activating group) is 1. The number of phenols is 1. The molecule has 3 aliphatic heterocycles. The number of primary amides is 1. The fraction of sp³-hybridized carbons (Fsp3) is 0.420. The van der Waals surface area contributed by atoms with Crippen LogP contribution in [0.15, 0.2) is 96.8 Å². The minimum Gasteiger partial charge on any atom is -0.508 e. The number of phenolic OH excluding ortho intramolecular Hbond substituents is 1. The minimum absolute atomic E-state index is 0.0170. The lowest BCUT2D eigenvalue weighted by molar-refractivity contribution is -0.138. The average molecular weight is 1420 g/mol. The van der Waals surface area contributed by atoms with Crippen molar-refractivity contribution in [3.8, 4) is 11.5 Å². The number of hydrogen-bond donors (Lipinski definition) is 8. The van der Waals surface area contributed by atoms with E-state index in [-0.39, 0.29) is 165 Å². The summed E-state index contributed by atoms with van der Waals surface area (Å²) >= 11 is 6.65. The molecule has 0 fully saturated rings. The summed E-state index contributed by atoms with van der Waals surface area (Å²) in [7, 11) is 1.46. The van der Waals surface area contributed by atoms with E-state index in [0.717, 1.165) is 21.4 Å². The van der Waals surface area contributed by atoms with Gasteiger partial charge in [0, 0.05) is 117 Å². The highest BCUT2D eigenvalue weighted by atomic mass is 35.5. The maximum atomic E-state index is 14.6. The molecule has 31 nitrogen and oxygen atoms in total. The lowest BCUT2D eigenvalue weighted by Gasteiger charge is -2.26. The van der Waals surface area contributed by atoms with Crippen molar-refractivity contribution < 1.29 is 91.4 Å². The van der Waals surface area contributed by atoms with E-state index >= 15 is 0 Å². The molecule has 0 saturated heterocycles. The van der Waals surface area contributed by atoms with E-state index in [9.17, 15) is 63.0 Å². The van der Waals surface area contributed by atoms with E-state index in [1.807, 2.05) is 13.0 Å². The van der Waals surface area contributed by atoms with Crippen LogP contribution in [0.5, 0.6) is 11.5 Å².